The third kappa shape index (κ3) is 4.75. The Labute approximate surface area is 172 Å². The van der Waals surface area contributed by atoms with Crippen LogP contribution in [0.1, 0.15) is 22.1 Å². The van der Waals surface area contributed by atoms with Crippen LogP contribution in [0.5, 0.6) is 11.5 Å². The van der Waals surface area contributed by atoms with E-state index in [1.54, 1.807) is 6.07 Å². The minimum absolute atomic E-state index is 0. The Balaban J connectivity index is 0.00000182. The summed E-state index contributed by atoms with van der Waals surface area (Å²) in [5.74, 6) is -0.671. The molecule has 26 heavy (non-hydrogen) atoms. The first-order valence-electron chi connectivity index (χ1n) is 7.38. The first-order valence-corrected chi connectivity index (χ1v) is 7.38. The average Bonchev–Trinajstić information content (AvgIpc) is 2.61. The first-order chi connectivity index (χ1) is 12.0. The van der Waals surface area contributed by atoms with Gasteiger partial charge in [0.1, 0.15) is 13.2 Å². The molecule has 1 aliphatic heterocycles. The number of anilines is 1. The van der Waals surface area contributed by atoms with Gasteiger partial charge in [0.2, 0.25) is 0 Å². The summed E-state index contributed by atoms with van der Waals surface area (Å²) < 4.78 is 10.8. The molecule has 1 aliphatic rings. The number of hydrogen-bond donors (Lipinski definition) is 3. The smallest absolute Gasteiger partial charge is 1.00 e. The number of carboxylic acid groups (broad SMARTS) is 1. The van der Waals surface area contributed by atoms with E-state index in [2.05, 4.69) is 10.6 Å². The van der Waals surface area contributed by atoms with Crippen LogP contribution in [0.25, 0.3) is 0 Å². The zero-order valence-corrected chi connectivity index (χ0v) is 15.9. The molecule has 0 atom stereocenters. The van der Waals surface area contributed by atoms with Crippen LogP contribution >= 0.6 is 0 Å². The first kappa shape index (κ1) is 19.8. The van der Waals surface area contributed by atoms with Crippen molar-refractivity contribution in [2.75, 3.05) is 18.5 Å². The van der Waals surface area contributed by atoms with E-state index in [1.807, 2.05) is 0 Å². The van der Waals surface area contributed by atoms with Gasteiger partial charge in [0.15, 0.2) is 11.5 Å². The number of fused-ring (bicyclic) bond motifs is 1. The summed E-state index contributed by atoms with van der Waals surface area (Å²) in [5, 5.41) is 13.5. The molecule has 0 saturated carbocycles. The van der Waals surface area contributed by atoms with Crippen molar-refractivity contribution < 1.29 is 59.9 Å². The molecule has 130 valence electrons. The van der Waals surface area contributed by atoms with Gasteiger partial charge in [-0.25, -0.2) is 9.59 Å². The maximum atomic E-state index is 12.1. The zero-order valence-electron chi connectivity index (χ0n) is 14.9. The number of rotatable bonds is 3. The van der Waals surface area contributed by atoms with E-state index in [9.17, 15) is 14.4 Å². The number of imide groups is 1. The third-order valence-electron chi connectivity index (χ3n) is 3.42. The largest absolute Gasteiger partial charge is 1.00 e. The Kier molecular flexibility index (Phi) is 6.62. The Morgan fingerprint density at radius 3 is 2.19 bits per heavy atom. The third-order valence-corrected chi connectivity index (χ3v) is 3.42. The van der Waals surface area contributed by atoms with Gasteiger partial charge in [-0.05, 0) is 42.5 Å². The van der Waals surface area contributed by atoms with Gasteiger partial charge < -0.3 is 21.3 Å². The van der Waals surface area contributed by atoms with Gasteiger partial charge in [0.05, 0.1) is 5.56 Å². The Bertz CT molecular complexity index is 844. The molecule has 3 rings (SSSR count). The van der Waals surface area contributed by atoms with E-state index in [-0.39, 0.29) is 42.1 Å². The Hall–Kier alpha value is -2.55. The second kappa shape index (κ2) is 8.70. The molecule has 2 aromatic carbocycles. The van der Waals surface area contributed by atoms with Crippen LogP contribution in [0.3, 0.4) is 0 Å². The molecule has 0 spiro atoms. The number of carboxylic acids is 1. The van der Waals surface area contributed by atoms with Crippen LogP contribution in [0.15, 0.2) is 42.5 Å². The minimum atomic E-state index is -1.07. The number of benzene rings is 2. The SMILES string of the molecule is O=C(NC(=O)c1ccc2c(c1)OCCO2)Nc1ccc(C(=O)O)cc1.[H-].[Na+]. The number of carbonyl (C=O) groups excluding carboxylic acids is 2. The van der Waals surface area contributed by atoms with Crippen molar-refractivity contribution in [2.45, 2.75) is 0 Å². The molecule has 0 radical (unpaired) electrons. The molecule has 3 amide bonds. The van der Waals surface area contributed by atoms with Gasteiger partial charge in [0, 0.05) is 11.3 Å². The van der Waals surface area contributed by atoms with Gasteiger partial charge in [-0.1, -0.05) is 0 Å². The second-order valence-electron chi connectivity index (χ2n) is 5.15. The van der Waals surface area contributed by atoms with Gasteiger partial charge in [-0.3, -0.25) is 10.1 Å². The monoisotopic (exact) mass is 366 g/mol. The number of aromatic carboxylic acids is 1. The van der Waals surface area contributed by atoms with E-state index >= 15 is 0 Å². The van der Waals surface area contributed by atoms with Crippen molar-refractivity contribution in [3.8, 4) is 11.5 Å². The number of ether oxygens (including phenoxy) is 2. The molecule has 0 bridgehead atoms. The standard InChI is InChI=1S/C17H14N2O6.Na.H/c20-15(11-3-6-13-14(9-11)25-8-7-24-13)19-17(23)18-12-4-1-10(2-5-12)16(21)22;;/h1-6,9H,7-8H2,(H,21,22)(H2,18,19,20,23);;/q;+1;-1. The summed E-state index contributed by atoms with van der Waals surface area (Å²) >= 11 is 0. The number of hydrogen-bond acceptors (Lipinski definition) is 5. The molecule has 0 fully saturated rings. The summed E-state index contributed by atoms with van der Waals surface area (Å²) in [6.07, 6.45) is 0. The van der Waals surface area contributed by atoms with Gasteiger partial charge in [-0.2, -0.15) is 0 Å². The molecular weight excluding hydrogens is 351 g/mol. The molecule has 0 saturated heterocycles. The van der Waals surface area contributed by atoms with Crippen molar-refractivity contribution in [3.05, 3.63) is 53.6 Å². The van der Waals surface area contributed by atoms with Gasteiger partial charge in [-0.15, -0.1) is 0 Å². The van der Waals surface area contributed by atoms with Crippen molar-refractivity contribution in [2.24, 2.45) is 0 Å². The van der Waals surface area contributed by atoms with Crippen LogP contribution in [-0.2, 0) is 0 Å². The maximum absolute atomic E-state index is 12.1. The molecule has 8 nitrogen and oxygen atoms in total. The van der Waals surface area contributed by atoms with Crippen LogP contribution < -0.4 is 49.7 Å². The normalized spacial score (nSPS) is 11.7. The van der Waals surface area contributed by atoms with Crippen LogP contribution in [0.4, 0.5) is 10.5 Å². The molecule has 0 aliphatic carbocycles. The van der Waals surface area contributed by atoms with E-state index < -0.39 is 17.9 Å². The number of nitrogens with one attached hydrogen (secondary N) is 2. The minimum Gasteiger partial charge on any atom is -1.00 e. The number of urea groups is 1. The zero-order chi connectivity index (χ0) is 17.8. The fraction of sp³-hybridized carbons (Fsp3) is 0.118. The van der Waals surface area contributed by atoms with E-state index in [0.29, 0.717) is 30.4 Å². The Morgan fingerprint density at radius 2 is 1.54 bits per heavy atom. The second-order valence-corrected chi connectivity index (χ2v) is 5.15. The summed E-state index contributed by atoms with van der Waals surface area (Å²) in [5.41, 5.74) is 0.705. The van der Waals surface area contributed by atoms with Gasteiger partial charge in [0.25, 0.3) is 5.91 Å². The molecule has 1 heterocycles. The van der Waals surface area contributed by atoms with Crippen LogP contribution in [-0.4, -0.2) is 36.2 Å². The Morgan fingerprint density at radius 1 is 0.923 bits per heavy atom. The topological polar surface area (TPSA) is 114 Å². The summed E-state index contributed by atoms with van der Waals surface area (Å²) in [6.45, 7) is 0.840. The molecule has 2 aromatic rings. The predicted molar refractivity (Wildman–Crippen MR) is 88.4 cm³/mol. The molecular formula is C17H15N2NaO6. The quantitative estimate of drug-likeness (QED) is 0.615. The number of carbonyl (C=O) groups is 3. The van der Waals surface area contributed by atoms with Crippen molar-refractivity contribution in [1.82, 2.24) is 5.32 Å². The van der Waals surface area contributed by atoms with Crippen LogP contribution in [0, 0.1) is 0 Å². The van der Waals surface area contributed by atoms with E-state index in [0.717, 1.165) is 0 Å². The predicted octanol–water partition coefficient (Wildman–Crippen LogP) is -0.766. The van der Waals surface area contributed by atoms with Gasteiger partial charge >= 0.3 is 41.6 Å². The van der Waals surface area contributed by atoms with Crippen molar-refractivity contribution >= 4 is 23.6 Å². The van der Waals surface area contributed by atoms with Crippen LogP contribution in [0.2, 0.25) is 0 Å². The molecule has 0 unspecified atom stereocenters. The fourth-order valence-electron chi connectivity index (χ4n) is 2.22. The summed E-state index contributed by atoms with van der Waals surface area (Å²) in [4.78, 5) is 34.8. The maximum Gasteiger partial charge on any atom is 1.00 e. The molecule has 9 heteroatoms. The van der Waals surface area contributed by atoms with E-state index in [1.165, 1.54) is 36.4 Å². The summed E-state index contributed by atoms with van der Waals surface area (Å²) in [6, 6.07) is 9.45. The fourth-order valence-corrected chi connectivity index (χ4v) is 2.22. The number of amides is 3. The summed E-state index contributed by atoms with van der Waals surface area (Å²) in [7, 11) is 0. The molecule has 3 N–H and O–H groups in total. The average molecular weight is 366 g/mol. The van der Waals surface area contributed by atoms with Crippen molar-refractivity contribution in [3.63, 3.8) is 0 Å². The van der Waals surface area contributed by atoms with Crippen molar-refractivity contribution in [1.29, 1.82) is 0 Å². The molecule has 0 aromatic heterocycles. The van der Waals surface area contributed by atoms with E-state index in [4.69, 9.17) is 14.6 Å².